The fourth-order valence-corrected chi connectivity index (χ4v) is 1.97. The minimum Gasteiger partial charge on any atom is -0.475 e. The number of ether oxygens (including phenoxy) is 2. The molecule has 1 fully saturated rings. The van der Waals surface area contributed by atoms with Gasteiger partial charge < -0.3 is 14.8 Å². The van der Waals surface area contributed by atoms with Crippen LogP contribution in [-0.2, 0) is 10.9 Å². The largest absolute Gasteiger partial charge is 0.475 e. The molecule has 0 amide bonds. The van der Waals surface area contributed by atoms with E-state index in [-0.39, 0.29) is 24.2 Å². The Balaban J connectivity index is 1.88. The first-order valence-electron chi connectivity index (χ1n) is 6.31. The van der Waals surface area contributed by atoms with Crippen LogP contribution < -0.4 is 10.1 Å². The van der Waals surface area contributed by atoms with Crippen molar-refractivity contribution in [2.45, 2.75) is 31.7 Å². The number of aromatic nitrogens is 1. The minimum absolute atomic E-state index is 0.150. The summed E-state index contributed by atoms with van der Waals surface area (Å²) in [5, 5.41) is 3.22. The minimum atomic E-state index is -4.38. The van der Waals surface area contributed by atoms with E-state index in [1.807, 2.05) is 13.8 Å². The Morgan fingerprint density at radius 2 is 2.20 bits per heavy atom. The smallest absolute Gasteiger partial charge is 0.417 e. The molecular weight excluding hydrogens is 273 g/mol. The van der Waals surface area contributed by atoms with Crippen molar-refractivity contribution < 1.29 is 22.6 Å². The Morgan fingerprint density at radius 3 is 2.75 bits per heavy atom. The van der Waals surface area contributed by atoms with E-state index in [0.29, 0.717) is 6.54 Å². The highest BCUT2D eigenvalue weighted by Gasteiger charge is 2.31. The molecule has 1 aromatic rings. The molecule has 1 atom stereocenters. The zero-order chi connectivity index (χ0) is 14.8. The van der Waals surface area contributed by atoms with Crippen LogP contribution in [0, 0.1) is 0 Å². The van der Waals surface area contributed by atoms with Gasteiger partial charge in [-0.15, -0.1) is 0 Å². The topological polar surface area (TPSA) is 43.4 Å². The molecule has 0 spiro atoms. The van der Waals surface area contributed by atoms with Crippen LogP contribution in [0.2, 0.25) is 0 Å². The first-order chi connectivity index (χ1) is 9.26. The molecule has 1 unspecified atom stereocenters. The summed E-state index contributed by atoms with van der Waals surface area (Å²) in [6.07, 6.45) is -3.77. The van der Waals surface area contributed by atoms with E-state index in [1.54, 1.807) is 0 Å². The van der Waals surface area contributed by atoms with Gasteiger partial charge in [-0.2, -0.15) is 13.2 Å². The quantitative estimate of drug-likeness (QED) is 0.927. The molecule has 7 heteroatoms. The van der Waals surface area contributed by atoms with E-state index >= 15 is 0 Å². The molecule has 1 aliphatic heterocycles. The molecule has 0 aromatic carbocycles. The number of halogens is 3. The molecule has 0 saturated carbocycles. The summed E-state index contributed by atoms with van der Waals surface area (Å²) in [5.41, 5.74) is -1.07. The summed E-state index contributed by atoms with van der Waals surface area (Å²) in [7, 11) is 0. The van der Waals surface area contributed by atoms with E-state index in [0.717, 1.165) is 18.8 Å². The van der Waals surface area contributed by atoms with Crippen molar-refractivity contribution in [3.63, 3.8) is 0 Å². The second-order valence-corrected chi connectivity index (χ2v) is 5.32. The van der Waals surface area contributed by atoms with Gasteiger partial charge in [-0.1, -0.05) is 0 Å². The highest BCUT2D eigenvalue weighted by atomic mass is 19.4. The molecular formula is C13H17F3N2O2. The van der Waals surface area contributed by atoms with Crippen LogP contribution in [0.15, 0.2) is 18.3 Å². The molecule has 2 heterocycles. The van der Waals surface area contributed by atoms with Crippen molar-refractivity contribution in [1.29, 1.82) is 0 Å². The summed E-state index contributed by atoms with van der Waals surface area (Å²) in [6, 6.07) is 2.16. The molecule has 0 radical (unpaired) electrons. The predicted octanol–water partition coefficient (Wildman–Crippen LogP) is 2.25. The zero-order valence-electron chi connectivity index (χ0n) is 11.3. The zero-order valence-corrected chi connectivity index (χ0v) is 11.3. The van der Waals surface area contributed by atoms with E-state index < -0.39 is 11.7 Å². The van der Waals surface area contributed by atoms with Gasteiger partial charge in [0.2, 0.25) is 5.88 Å². The van der Waals surface area contributed by atoms with Gasteiger partial charge in [0.05, 0.1) is 11.2 Å². The van der Waals surface area contributed by atoms with E-state index in [1.165, 1.54) is 6.07 Å². The van der Waals surface area contributed by atoms with Gasteiger partial charge in [-0.3, -0.25) is 0 Å². The number of alkyl halides is 3. The van der Waals surface area contributed by atoms with Crippen molar-refractivity contribution in [1.82, 2.24) is 10.3 Å². The molecule has 20 heavy (non-hydrogen) atoms. The average molecular weight is 290 g/mol. The average Bonchev–Trinajstić information content (AvgIpc) is 2.35. The molecule has 1 saturated heterocycles. The highest BCUT2D eigenvalue weighted by Crippen LogP contribution is 2.29. The third-order valence-corrected chi connectivity index (χ3v) is 2.89. The lowest BCUT2D eigenvalue weighted by molar-refractivity contribution is -0.137. The second kappa shape index (κ2) is 5.57. The van der Waals surface area contributed by atoms with Crippen molar-refractivity contribution in [3.05, 3.63) is 23.9 Å². The van der Waals surface area contributed by atoms with Crippen LogP contribution in [0.25, 0.3) is 0 Å². The predicted molar refractivity (Wildman–Crippen MR) is 66.6 cm³/mol. The molecule has 1 aromatic heterocycles. The molecule has 4 nitrogen and oxygen atoms in total. The summed E-state index contributed by atoms with van der Waals surface area (Å²) in [5.74, 6) is 0.157. The molecule has 0 aliphatic carbocycles. The SMILES string of the molecule is CC1(C)CNCC(COc2ccc(C(F)(F)F)cn2)O1. The van der Waals surface area contributed by atoms with Crippen LogP contribution in [0.5, 0.6) is 5.88 Å². The maximum Gasteiger partial charge on any atom is 0.417 e. The van der Waals surface area contributed by atoms with E-state index in [9.17, 15) is 13.2 Å². The van der Waals surface area contributed by atoms with Gasteiger partial charge in [0, 0.05) is 25.4 Å². The highest BCUT2D eigenvalue weighted by molar-refractivity contribution is 5.20. The van der Waals surface area contributed by atoms with Gasteiger partial charge in [0.15, 0.2) is 0 Å². The summed E-state index contributed by atoms with van der Waals surface area (Å²) < 4.78 is 48.3. The number of nitrogens with zero attached hydrogens (tertiary/aromatic N) is 1. The Kier molecular flexibility index (Phi) is 4.19. The Morgan fingerprint density at radius 1 is 1.45 bits per heavy atom. The number of rotatable bonds is 3. The van der Waals surface area contributed by atoms with Gasteiger partial charge in [0.25, 0.3) is 0 Å². The first kappa shape index (κ1) is 15.1. The fourth-order valence-electron chi connectivity index (χ4n) is 1.97. The van der Waals surface area contributed by atoms with E-state index in [4.69, 9.17) is 9.47 Å². The monoisotopic (exact) mass is 290 g/mol. The second-order valence-electron chi connectivity index (χ2n) is 5.32. The lowest BCUT2D eigenvalue weighted by atomic mass is 10.1. The van der Waals surface area contributed by atoms with Crippen molar-refractivity contribution in [2.24, 2.45) is 0 Å². The third-order valence-electron chi connectivity index (χ3n) is 2.89. The number of morpholine rings is 1. The molecule has 112 valence electrons. The van der Waals surface area contributed by atoms with E-state index in [2.05, 4.69) is 10.3 Å². The van der Waals surface area contributed by atoms with Crippen LogP contribution in [0.3, 0.4) is 0 Å². The Labute approximate surface area is 115 Å². The lowest BCUT2D eigenvalue weighted by Gasteiger charge is -2.36. The van der Waals surface area contributed by atoms with Gasteiger partial charge in [0.1, 0.15) is 12.7 Å². The van der Waals surface area contributed by atoms with Gasteiger partial charge in [-0.25, -0.2) is 4.98 Å². The molecule has 1 N–H and O–H groups in total. The molecule has 1 aliphatic rings. The van der Waals surface area contributed by atoms with Gasteiger partial charge >= 0.3 is 6.18 Å². The summed E-state index contributed by atoms with van der Waals surface area (Å²) >= 11 is 0. The number of pyridine rings is 1. The fraction of sp³-hybridized carbons (Fsp3) is 0.615. The van der Waals surface area contributed by atoms with Crippen LogP contribution in [0.1, 0.15) is 19.4 Å². The number of nitrogens with one attached hydrogen (secondary N) is 1. The Hall–Kier alpha value is -1.34. The van der Waals surface area contributed by atoms with Crippen molar-refractivity contribution in [2.75, 3.05) is 19.7 Å². The normalized spacial score (nSPS) is 22.6. The summed E-state index contributed by atoms with van der Waals surface area (Å²) in [6.45, 7) is 5.56. The van der Waals surface area contributed by atoms with Gasteiger partial charge in [-0.05, 0) is 19.9 Å². The van der Waals surface area contributed by atoms with Crippen LogP contribution >= 0.6 is 0 Å². The number of hydrogen-bond donors (Lipinski definition) is 1. The molecule has 2 rings (SSSR count). The lowest BCUT2D eigenvalue weighted by Crippen LogP contribution is -2.52. The summed E-state index contributed by atoms with van der Waals surface area (Å²) in [4.78, 5) is 3.65. The third kappa shape index (κ3) is 4.08. The maximum absolute atomic E-state index is 12.4. The van der Waals surface area contributed by atoms with Crippen LogP contribution in [-0.4, -0.2) is 36.4 Å². The van der Waals surface area contributed by atoms with Crippen molar-refractivity contribution >= 4 is 0 Å². The molecule has 0 bridgehead atoms. The number of hydrogen-bond acceptors (Lipinski definition) is 4. The maximum atomic E-state index is 12.4. The Bertz CT molecular complexity index is 446. The standard InChI is InChI=1S/C13H17F3N2O2/c1-12(2)8-17-6-10(20-12)7-19-11-4-3-9(5-18-11)13(14,15)16/h3-5,10,17H,6-8H2,1-2H3. The van der Waals surface area contributed by atoms with Crippen LogP contribution in [0.4, 0.5) is 13.2 Å². The first-order valence-corrected chi connectivity index (χ1v) is 6.31. The van der Waals surface area contributed by atoms with Crippen molar-refractivity contribution in [3.8, 4) is 5.88 Å².